The fourth-order valence-corrected chi connectivity index (χ4v) is 1.84. The van der Waals surface area contributed by atoms with E-state index in [-0.39, 0.29) is 6.03 Å². The van der Waals surface area contributed by atoms with Crippen LogP contribution in [-0.2, 0) is 0 Å². The van der Waals surface area contributed by atoms with E-state index in [9.17, 15) is 4.79 Å². The summed E-state index contributed by atoms with van der Waals surface area (Å²) in [7, 11) is 2.05. The Balaban J connectivity index is 0.000000956. The highest BCUT2D eigenvalue weighted by molar-refractivity contribution is 5.89. The highest BCUT2D eigenvalue weighted by Gasteiger charge is 2.18. The lowest BCUT2D eigenvalue weighted by molar-refractivity contribution is 0.164. The van der Waals surface area contributed by atoms with Gasteiger partial charge in [0, 0.05) is 31.9 Å². The van der Waals surface area contributed by atoms with Crippen molar-refractivity contribution in [3.05, 3.63) is 29.8 Å². The predicted molar refractivity (Wildman–Crippen MR) is 80.6 cm³/mol. The Kier molecular flexibility index (Phi) is 6.54. The van der Waals surface area contributed by atoms with Gasteiger partial charge in [-0.15, -0.1) is 0 Å². The third-order valence-corrected chi connectivity index (χ3v) is 3.06. The minimum atomic E-state index is -0.0761. The highest BCUT2D eigenvalue weighted by atomic mass is 16.2. The minimum absolute atomic E-state index is 0.0761. The first-order chi connectivity index (χ1) is 9.69. The number of urea groups is 1. The predicted octanol–water partition coefficient (Wildman–Crippen LogP) is 2.36. The number of amides is 2. The van der Waals surface area contributed by atoms with Gasteiger partial charge in [0.2, 0.25) is 0 Å². The molecule has 2 rings (SSSR count). The summed E-state index contributed by atoms with van der Waals surface area (Å²) in [5.41, 5.74) is 1.31. The van der Waals surface area contributed by atoms with Gasteiger partial charge in [0.15, 0.2) is 0 Å². The van der Waals surface area contributed by atoms with E-state index in [0.717, 1.165) is 31.9 Å². The van der Waals surface area contributed by atoms with Crippen LogP contribution < -0.4 is 5.32 Å². The Bertz CT molecular complexity index is 456. The molecular weight excluding hydrogens is 252 g/mol. The normalized spacial score (nSPS) is 14.8. The van der Waals surface area contributed by atoms with Crippen molar-refractivity contribution in [2.75, 3.05) is 38.5 Å². The topological polar surface area (TPSA) is 59.4 Å². The summed E-state index contributed by atoms with van der Waals surface area (Å²) >= 11 is 0. The third kappa shape index (κ3) is 4.56. The van der Waals surface area contributed by atoms with Gasteiger partial charge in [0.1, 0.15) is 0 Å². The number of carbonyl (C=O) groups excluding carboxylic acids is 1. The molecule has 0 spiro atoms. The fourth-order valence-electron chi connectivity index (χ4n) is 1.84. The van der Waals surface area contributed by atoms with Crippen LogP contribution in [0.5, 0.6) is 0 Å². The molecule has 1 aromatic carbocycles. The molecule has 5 nitrogen and oxygen atoms in total. The number of piperazine rings is 1. The Hall–Kier alpha value is -2.06. The average Bonchev–Trinajstić information content (AvgIpc) is 2.50. The molecule has 1 heterocycles. The first kappa shape index (κ1) is 16.0. The number of carbonyl (C=O) groups is 1. The van der Waals surface area contributed by atoms with Crippen LogP contribution in [0.25, 0.3) is 0 Å². The largest absolute Gasteiger partial charge is 0.322 e. The lowest BCUT2D eigenvalue weighted by Crippen LogP contribution is -2.48. The van der Waals surface area contributed by atoms with Crippen molar-refractivity contribution in [2.45, 2.75) is 13.8 Å². The van der Waals surface area contributed by atoms with Crippen LogP contribution in [-0.4, -0.2) is 49.1 Å². The molecular formula is C15H22N4O. The summed E-state index contributed by atoms with van der Waals surface area (Å²) in [4.78, 5) is 16.0. The van der Waals surface area contributed by atoms with Gasteiger partial charge >= 0.3 is 6.03 Å². The zero-order valence-corrected chi connectivity index (χ0v) is 12.4. The number of nitriles is 1. The van der Waals surface area contributed by atoms with Crippen molar-refractivity contribution < 1.29 is 4.79 Å². The van der Waals surface area contributed by atoms with Crippen molar-refractivity contribution in [1.29, 1.82) is 5.26 Å². The number of likely N-dealkylation sites (N-methyl/N-ethyl adjacent to an activating group) is 1. The van der Waals surface area contributed by atoms with E-state index in [2.05, 4.69) is 17.3 Å². The maximum atomic E-state index is 12.0. The van der Waals surface area contributed by atoms with E-state index >= 15 is 0 Å². The van der Waals surface area contributed by atoms with Crippen LogP contribution in [0.3, 0.4) is 0 Å². The molecule has 20 heavy (non-hydrogen) atoms. The number of anilines is 1. The number of hydrogen-bond acceptors (Lipinski definition) is 3. The van der Waals surface area contributed by atoms with Gasteiger partial charge in [-0.25, -0.2) is 4.79 Å². The van der Waals surface area contributed by atoms with Gasteiger partial charge in [-0.2, -0.15) is 5.26 Å². The average molecular weight is 274 g/mol. The van der Waals surface area contributed by atoms with Crippen LogP contribution in [0.4, 0.5) is 10.5 Å². The summed E-state index contributed by atoms with van der Waals surface area (Å²) in [6.45, 7) is 7.30. The van der Waals surface area contributed by atoms with Crippen LogP contribution in [0.1, 0.15) is 19.4 Å². The van der Waals surface area contributed by atoms with Gasteiger partial charge in [0.25, 0.3) is 0 Å². The van der Waals surface area contributed by atoms with Crippen LogP contribution in [0.2, 0.25) is 0 Å². The third-order valence-electron chi connectivity index (χ3n) is 3.06. The Morgan fingerprint density at radius 3 is 2.20 bits per heavy atom. The summed E-state index contributed by atoms with van der Waals surface area (Å²) in [6.07, 6.45) is 0. The van der Waals surface area contributed by atoms with E-state index in [1.54, 1.807) is 29.2 Å². The maximum Gasteiger partial charge on any atom is 0.321 e. The van der Waals surface area contributed by atoms with E-state index in [4.69, 9.17) is 5.26 Å². The second kappa shape index (κ2) is 8.18. The summed E-state index contributed by atoms with van der Waals surface area (Å²) in [5.74, 6) is 0. The zero-order chi connectivity index (χ0) is 15.0. The smallest absolute Gasteiger partial charge is 0.321 e. The number of hydrogen-bond donors (Lipinski definition) is 1. The van der Waals surface area contributed by atoms with E-state index in [0.29, 0.717) is 5.56 Å². The molecule has 1 aliphatic heterocycles. The monoisotopic (exact) mass is 274 g/mol. The quantitative estimate of drug-likeness (QED) is 0.855. The first-order valence-corrected chi connectivity index (χ1v) is 6.93. The zero-order valence-electron chi connectivity index (χ0n) is 12.4. The molecule has 108 valence electrons. The summed E-state index contributed by atoms with van der Waals surface area (Å²) in [5, 5.41) is 11.5. The number of nitrogens with zero attached hydrogens (tertiary/aromatic N) is 3. The molecule has 1 aliphatic rings. The summed E-state index contributed by atoms with van der Waals surface area (Å²) < 4.78 is 0. The second-order valence-electron chi connectivity index (χ2n) is 4.41. The fraction of sp³-hybridized carbons (Fsp3) is 0.467. The lowest BCUT2D eigenvalue weighted by atomic mass is 10.2. The van der Waals surface area contributed by atoms with Crippen molar-refractivity contribution in [1.82, 2.24) is 9.80 Å². The number of rotatable bonds is 1. The molecule has 0 unspecified atom stereocenters. The van der Waals surface area contributed by atoms with E-state index in [1.165, 1.54) is 0 Å². The Labute approximate surface area is 120 Å². The van der Waals surface area contributed by atoms with Crippen molar-refractivity contribution >= 4 is 11.7 Å². The summed E-state index contributed by atoms with van der Waals surface area (Å²) in [6, 6.07) is 8.84. The molecule has 0 atom stereocenters. The number of benzene rings is 1. The Morgan fingerprint density at radius 2 is 1.70 bits per heavy atom. The first-order valence-electron chi connectivity index (χ1n) is 6.93. The minimum Gasteiger partial charge on any atom is -0.322 e. The highest BCUT2D eigenvalue weighted by Crippen LogP contribution is 2.10. The standard InChI is InChI=1S/C13H16N4O.C2H6/c1-16-6-8-17(9-7-16)13(18)15-12-4-2-11(10-14)3-5-12;1-2/h2-5H,6-9H2,1H3,(H,15,18);1-2H3. The lowest BCUT2D eigenvalue weighted by Gasteiger charge is -2.32. The van der Waals surface area contributed by atoms with Crippen molar-refractivity contribution in [2.24, 2.45) is 0 Å². The van der Waals surface area contributed by atoms with Crippen molar-refractivity contribution in [3.63, 3.8) is 0 Å². The van der Waals surface area contributed by atoms with Crippen LogP contribution in [0.15, 0.2) is 24.3 Å². The van der Waals surface area contributed by atoms with Crippen LogP contribution >= 0.6 is 0 Å². The number of nitrogens with one attached hydrogen (secondary N) is 1. The Morgan fingerprint density at radius 1 is 1.15 bits per heavy atom. The molecule has 1 fully saturated rings. The molecule has 0 radical (unpaired) electrons. The van der Waals surface area contributed by atoms with Crippen LogP contribution in [0, 0.1) is 11.3 Å². The molecule has 0 aliphatic carbocycles. The van der Waals surface area contributed by atoms with E-state index in [1.807, 2.05) is 19.9 Å². The van der Waals surface area contributed by atoms with Gasteiger partial charge in [-0.3, -0.25) is 0 Å². The van der Waals surface area contributed by atoms with Gasteiger partial charge < -0.3 is 15.1 Å². The van der Waals surface area contributed by atoms with Gasteiger partial charge in [-0.05, 0) is 31.3 Å². The van der Waals surface area contributed by atoms with E-state index < -0.39 is 0 Å². The molecule has 0 aromatic heterocycles. The molecule has 5 heteroatoms. The molecule has 0 saturated carbocycles. The second-order valence-corrected chi connectivity index (χ2v) is 4.41. The molecule has 1 saturated heterocycles. The van der Waals surface area contributed by atoms with Gasteiger partial charge in [0.05, 0.1) is 11.6 Å². The van der Waals surface area contributed by atoms with Crippen molar-refractivity contribution in [3.8, 4) is 6.07 Å². The molecule has 2 amide bonds. The SMILES string of the molecule is CC.CN1CCN(C(=O)Nc2ccc(C#N)cc2)CC1. The molecule has 1 aromatic rings. The maximum absolute atomic E-state index is 12.0. The molecule has 1 N–H and O–H groups in total. The van der Waals surface area contributed by atoms with Gasteiger partial charge in [-0.1, -0.05) is 13.8 Å². The molecule has 0 bridgehead atoms.